The van der Waals surface area contributed by atoms with Gasteiger partial charge in [-0.05, 0) is 12.8 Å². The first-order chi connectivity index (χ1) is 7.83. The minimum absolute atomic E-state index is 0.0638. The predicted octanol–water partition coefficient (Wildman–Crippen LogP) is 0.148. The molecule has 16 heavy (non-hydrogen) atoms. The highest BCUT2D eigenvalue weighted by Gasteiger charge is 2.27. The zero-order valence-electron chi connectivity index (χ0n) is 9.22. The van der Waals surface area contributed by atoms with Crippen LogP contribution in [0.15, 0.2) is 6.20 Å². The first-order valence-corrected chi connectivity index (χ1v) is 5.69. The normalized spacial score (nSPS) is 16.6. The van der Waals surface area contributed by atoms with Crippen molar-refractivity contribution in [2.45, 2.75) is 31.7 Å². The molecule has 0 unspecified atom stereocenters. The van der Waals surface area contributed by atoms with E-state index in [1.165, 1.54) is 19.0 Å². The lowest BCUT2D eigenvalue weighted by molar-refractivity contribution is 0.0682. The average molecular weight is 223 g/mol. The number of H-pyrrole nitrogens is 1. The minimum atomic E-state index is -0.0638. The van der Waals surface area contributed by atoms with E-state index in [4.69, 9.17) is 5.73 Å². The van der Waals surface area contributed by atoms with Crippen LogP contribution in [-0.4, -0.2) is 45.3 Å². The molecule has 0 bridgehead atoms. The number of nitrogens with one attached hydrogen (secondary N) is 1. The number of carbonyl (C=O) groups excluding carboxylic acids is 1. The fourth-order valence-corrected chi connectivity index (χ4v) is 2.26. The van der Waals surface area contributed by atoms with Crippen LogP contribution in [0.4, 0.5) is 0 Å². The zero-order chi connectivity index (χ0) is 11.4. The molecule has 0 radical (unpaired) electrons. The Balaban J connectivity index is 2.09. The number of carbonyl (C=O) groups is 1. The van der Waals surface area contributed by atoms with Crippen LogP contribution in [0.1, 0.15) is 36.2 Å². The summed E-state index contributed by atoms with van der Waals surface area (Å²) in [6.07, 6.45) is 5.99. The molecule has 1 aliphatic rings. The van der Waals surface area contributed by atoms with Crippen molar-refractivity contribution < 1.29 is 4.79 Å². The van der Waals surface area contributed by atoms with Crippen LogP contribution >= 0.6 is 0 Å². The van der Waals surface area contributed by atoms with E-state index in [-0.39, 0.29) is 5.91 Å². The monoisotopic (exact) mass is 223 g/mol. The SMILES string of the molecule is NCCN(C(=O)c1cn[nH]n1)C1CCCC1. The van der Waals surface area contributed by atoms with Gasteiger partial charge in [0.25, 0.3) is 5.91 Å². The van der Waals surface area contributed by atoms with Crippen molar-refractivity contribution >= 4 is 5.91 Å². The van der Waals surface area contributed by atoms with E-state index in [2.05, 4.69) is 15.4 Å². The average Bonchev–Trinajstić information content (AvgIpc) is 2.96. The summed E-state index contributed by atoms with van der Waals surface area (Å²) in [6.45, 7) is 1.08. The fraction of sp³-hybridized carbons (Fsp3) is 0.700. The fourth-order valence-electron chi connectivity index (χ4n) is 2.26. The van der Waals surface area contributed by atoms with Crippen molar-refractivity contribution in [1.82, 2.24) is 20.3 Å². The summed E-state index contributed by atoms with van der Waals surface area (Å²) in [5.74, 6) is -0.0638. The Morgan fingerprint density at radius 2 is 2.31 bits per heavy atom. The highest BCUT2D eigenvalue weighted by molar-refractivity contribution is 5.92. The summed E-state index contributed by atoms with van der Waals surface area (Å²) >= 11 is 0. The summed E-state index contributed by atoms with van der Waals surface area (Å²) in [5, 5.41) is 9.94. The number of nitrogens with zero attached hydrogens (tertiary/aromatic N) is 3. The number of amides is 1. The summed E-state index contributed by atoms with van der Waals surface area (Å²) in [7, 11) is 0. The summed E-state index contributed by atoms with van der Waals surface area (Å²) < 4.78 is 0. The number of rotatable bonds is 4. The van der Waals surface area contributed by atoms with Gasteiger partial charge < -0.3 is 10.6 Å². The van der Waals surface area contributed by atoms with Crippen molar-refractivity contribution in [3.8, 4) is 0 Å². The Bertz CT molecular complexity index is 331. The van der Waals surface area contributed by atoms with Gasteiger partial charge in [0.15, 0.2) is 5.69 Å². The molecule has 6 heteroatoms. The third kappa shape index (κ3) is 2.21. The summed E-state index contributed by atoms with van der Waals surface area (Å²) in [5.41, 5.74) is 5.93. The molecule has 2 rings (SSSR count). The van der Waals surface area contributed by atoms with Crippen LogP contribution in [0.2, 0.25) is 0 Å². The highest BCUT2D eigenvalue weighted by atomic mass is 16.2. The molecular formula is C10H17N5O. The number of aromatic nitrogens is 3. The molecule has 0 aliphatic heterocycles. The van der Waals surface area contributed by atoms with Crippen LogP contribution in [-0.2, 0) is 0 Å². The van der Waals surface area contributed by atoms with E-state index >= 15 is 0 Å². The second-order valence-electron chi connectivity index (χ2n) is 4.08. The van der Waals surface area contributed by atoms with Crippen molar-refractivity contribution in [3.05, 3.63) is 11.9 Å². The highest BCUT2D eigenvalue weighted by Crippen LogP contribution is 2.24. The Hall–Kier alpha value is -1.43. The van der Waals surface area contributed by atoms with Crippen LogP contribution in [0.5, 0.6) is 0 Å². The maximum atomic E-state index is 12.1. The molecule has 1 aromatic rings. The van der Waals surface area contributed by atoms with Crippen molar-refractivity contribution in [2.24, 2.45) is 5.73 Å². The number of hydrogen-bond donors (Lipinski definition) is 2. The molecule has 3 N–H and O–H groups in total. The van der Waals surface area contributed by atoms with Crippen molar-refractivity contribution in [3.63, 3.8) is 0 Å². The van der Waals surface area contributed by atoms with Gasteiger partial charge in [-0.3, -0.25) is 4.79 Å². The third-order valence-corrected chi connectivity index (χ3v) is 3.03. The van der Waals surface area contributed by atoms with Gasteiger partial charge in [0.2, 0.25) is 0 Å². The Kier molecular flexibility index (Phi) is 3.51. The lowest BCUT2D eigenvalue weighted by atomic mass is 10.2. The summed E-state index contributed by atoms with van der Waals surface area (Å²) in [4.78, 5) is 14.0. The van der Waals surface area contributed by atoms with Gasteiger partial charge in [0.1, 0.15) is 0 Å². The van der Waals surface area contributed by atoms with E-state index in [0.717, 1.165) is 12.8 Å². The lowest BCUT2D eigenvalue weighted by Gasteiger charge is -2.27. The Morgan fingerprint density at radius 3 is 2.88 bits per heavy atom. The molecule has 1 heterocycles. The Morgan fingerprint density at radius 1 is 1.56 bits per heavy atom. The van der Waals surface area contributed by atoms with Crippen LogP contribution in [0.25, 0.3) is 0 Å². The lowest BCUT2D eigenvalue weighted by Crippen LogP contribution is -2.42. The predicted molar refractivity (Wildman–Crippen MR) is 58.7 cm³/mol. The first-order valence-electron chi connectivity index (χ1n) is 5.69. The van der Waals surface area contributed by atoms with E-state index in [1.54, 1.807) is 0 Å². The molecular weight excluding hydrogens is 206 g/mol. The number of aromatic amines is 1. The molecule has 88 valence electrons. The molecule has 1 saturated carbocycles. The zero-order valence-corrected chi connectivity index (χ0v) is 9.22. The van der Waals surface area contributed by atoms with E-state index in [0.29, 0.717) is 24.8 Å². The third-order valence-electron chi connectivity index (χ3n) is 3.03. The van der Waals surface area contributed by atoms with Gasteiger partial charge in [-0.1, -0.05) is 12.8 Å². The molecule has 0 atom stereocenters. The molecule has 0 aromatic carbocycles. The first kappa shape index (κ1) is 11.1. The van der Waals surface area contributed by atoms with Crippen molar-refractivity contribution in [1.29, 1.82) is 0 Å². The van der Waals surface area contributed by atoms with Gasteiger partial charge in [-0.15, -0.1) is 0 Å². The van der Waals surface area contributed by atoms with Gasteiger partial charge >= 0.3 is 0 Å². The minimum Gasteiger partial charge on any atom is -0.333 e. The van der Waals surface area contributed by atoms with E-state index in [1.807, 2.05) is 4.90 Å². The second kappa shape index (κ2) is 5.07. The van der Waals surface area contributed by atoms with Crippen LogP contribution in [0, 0.1) is 0 Å². The topological polar surface area (TPSA) is 87.9 Å². The largest absolute Gasteiger partial charge is 0.333 e. The molecule has 0 spiro atoms. The van der Waals surface area contributed by atoms with Gasteiger partial charge in [-0.2, -0.15) is 15.4 Å². The van der Waals surface area contributed by atoms with E-state index in [9.17, 15) is 4.79 Å². The van der Waals surface area contributed by atoms with Gasteiger partial charge in [-0.25, -0.2) is 0 Å². The molecule has 1 fully saturated rings. The number of hydrogen-bond acceptors (Lipinski definition) is 4. The smallest absolute Gasteiger partial charge is 0.276 e. The number of nitrogens with two attached hydrogens (primary N) is 1. The molecule has 0 saturated heterocycles. The van der Waals surface area contributed by atoms with Crippen LogP contribution < -0.4 is 5.73 Å². The summed E-state index contributed by atoms with van der Waals surface area (Å²) in [6, 6.07) is 0.327. The maximum Gasteiger partial charge on any atom is 0.276 e. The molecule has 1 aliphatic carbocycles. The van der Waals surface area contributed by atoms with Gasteiger partial charge in [0.05, 0.1) is 6.20 Å². The molecule has 1 aromatic heterocycles. The molecule has 1 amide bonds. The Labute approximate surface area is 94.2 Å². The van der Waals surface area contributed by atoms with Crippen molar-refractivity contribution in [2.75, 3.05) is 13.1 Å². The molecule has 6 nitrogen and oxygen atoms in total. The van der Waals surface area contributed by atoms with E-state index < -0.39 is 0 Å². The quantitative estimate of drug-likeness (QED) is 0.760. The maximum absolute atomic E-state index is 12.1. The standard InChI is InChI=1S/C10H17N5O/c11-5-6-15(8-3-1-2-4-8)10(16)9-7-12-14-13-9/h7-8H,1-6,11H2,(H,12,13,14). The second-order valence-corrected chi connectivity index (χ2v) is 4.08. The van der Waals surface area contributed by atoms with Crippen LogP contribution in [0.3, 0.4) is 0 Å². The van der Waals surface area contributed by atoms with Gasteiger partial charge in [0, 0.05) is 19.1 Å².